The number of amides is 1. The molecule has 0 saturated carbocycles. The minimum absolute atomic E-state index is 0.0689. The molecule has 0 unspecified atom stereocenters. The summed E-state index contributed by atoms with van der Waals surface area (Å²) in [7, 11) is 1.69. The molecule has 0 aromatic carbocycles. The van der Waals surface area contributed by atoms with Crippen LogP contribution >= 0.6 is 0 Å². The molecule has 0 aliphatic carbocycles. The Kier molecular flexibility index (Phi) is 2.49. The van der Waals surface area contributed by atoms with Crippen molar-refractivity contribution in [2.45, 2.75) is 19.8 Å². The summed E-state index contributed by atoms with van der Waals surface area (Å²) in [5, 5.41) is 5.64. The molecule has 1 aromatic heterocycles. The Bertz CT molecular complexity index is 426. The van der Waals surface area contributed by atoms with Gasteiger partial charge in [0, 0.05) is 37.8 Å². The maximum absolute atomic E-state index is 11.2. The molecule has 0 N–H and O–H groups in total. The molecule has 0 radical (unpaired) electrons. The normalized spacial score (nSPS) is 16.5. The number of carbonyl (C=O) groups excluding carboxylic acids is 1. The van der Waals surface area contributed by atoms with Gasteiger partial charge in [-0.25, -0.2) is 5.01 Å². The summed E-state index contributed by atoms with van der Waals surface area (Å²) in [5.74, 6) is 0.0689. The monoisotopic (exact) mass is 203 g/mol. The number of aromatic nitrogens is 1. The van der Waals surface area contributed by atoms with Gasteiger partial charge in [-0.1, -0.05) is 0 Å². The van der Waals surface area contributed by atoms with Crippen LogP contribution in [0.15, 0.2) is 23.6 Å². The van der Waals surface area contributed by atoms with Crippen molar-refractivity contribution in [3.63, 3.8) is 0 Å². The van der Waals surface area contributed by atoms with E-state index in [0.717, 1.165) is 16.8 Å². The van der Waals surface area contributed by atoms with Crippen LogP contribution in [0.3, 0.4) is 0 Å². The van der Waals surface area contributed by atoms with Crippen LogP contribution in [-0.4, -0.2) is 28.7 Å². The lowest BCUT2D eigenvalue weighted by Gasteiger charge is -2.19. The molecule has 0 spiro atoms. The second-order valence-electron chi connectivity index (χ2n) is 3.72. The summed E-state index contributed by atoms with van der Waals surface area (Å²) in [4.78, 5) is 15.4. The molecule has 0 fully saturated rings. The first-order valence-electron chi connectivity index (χ1n) is 4.93. The minimum atomic E-state index is 0.0689. The highest BCUT2D eigenvalue weighted by atomic mass is 16.2. The van der Waals surface area contributed by atoms with E-state index < -0.39 is 0 Å². The van der Waals surface area contributed by atoms with E-state index in [0.29, 0.717) is 12.8 Å². The van der Waals surface area contributed by atoms with Gasteiger partial charge in [0.15, 0.2) is 0 Å². The number of pyridine rings is 1. The first-order chi connectivity index (χ1) is 7.16. The maximum Gasteiger partial charge on any atom is 0.242 e. The molecule has 4 nitrogen and oxygen atoms in total. The van der Waals surface area contributed by atoms with E-state index in [1.807, 2.05) is 19.2 Å². The lowest BCUT2D eigenvalue weighted by molar-refractivity contribution is -0.130. The average molecular weight is 203 g/mol. The van der Waals surface area contributed by atoms with Crippen molar-refractivity contribution in [2.24, 2.45) is 5.10 Å². The summed E-state index contributed by atoms with van der Waals surface area (Å²) < 4.78 is 0. The van der Waals surface area contributed by atoms with Crippen LogP contribution in [0.25, 0.3) is 0 Å². The third-order valence-corrected chi connectivity index (χ3v) is 2.42. The van der Waals surface area contributed by atoms with Gasteiger partial charge in [-0.3, -0.25) is 9.78 Å². The summed E-state index contributed by atoms with van der Waals surface area (Å²) in [6, 6.07) is 2.04. The maximum atomic E-state index is 11.2. The van der Waals surface area contributed by atoms with Crippen LogP contribution in [0.1, 0.15) is 24.0 Å². The molecule has 4 heteroatoms. The van der Waals surface area contributed by atoms with Gasteiger partial charge in [0.1, 0.15) is 0 Å². The van der Waals surface area contributed by atoms with Crippen molar-refractivity contribution in [1.82, 2.24) is 9.99 Å². The fraction of sp³-hybridized carbons (Fsp3) is 0.364. The number of hydrazone groups is 1. The summed E-state index contributed by atoms with van der Waals surface area (Å²) in [5.41, 5.74) is 3.05. The smallest absolute Gasteiger partial charge is 0.242 e. The third kappa shape index (κ3) is 2.03. The second kappa shape index (κ2) is 3.81. The van der Waals surface area contributed by atoms with Gasteiger partial charge in [-0.15, -0.1) is 0 Å². The largest absolute Gasteiger partial charge is 0.273 e. The molecule has 1 aliphatic heterocycles. The van der Waals surface area contributed by atoms with Crippen molar-refractivity contribution in [1.29, 1.82) is 0 Å². The molecule has 1 amide bonds. The molecule has 0 atom stereocenters. The molecule has 0 bridgehead atoms. The standard InChI is InChI=1S/C11H13N3O/c1-8-5-9(7-12-6-8)10-3-4-11(15)14(2)13-10/h5-7H,3-4H2,1-2H3. The highest BCUT2D eigenvalue weighted by Crippen LogP contribution is 2.13. The van der Waals surface area contributed by atoms with Gasteiger partial charge >= 0.3 is 0 Å². The molecular formula is C11H13N3O. The van der Waals surface area contributed by atoms with E-state index in [4.69, 9.17) is 0 Å². The van der Waals surface area contributed by atoms with Gasteiger partial charge in [0.2, 0.25) is 5.91 Å². The highest BCUT2D eigenvalue weighted by Gasteiger charge is 2.17. The van der Waals surface area contributed by atoms with Crippen LogP contribution < -0.4 is 0 Å². The van der Waals surface area contributed by atoms with Gasteiger partial charge in [0.05, 0.1) is 5.71 Å². The van der Waals surface area contributed by atoms with E-state index in [-0.39, 0.29) is 5.91 Å². The number of carbonyl (C=O) groups is 1. The zero-order chi connectivity index (χ0) is 10.8. The molecule has 2 heterocycles. The Balaban J connectivity index is 2.32. The fourth-order valence-corrected chi connectivity index (χ4v) is 1.59. The highest BCUT2D eigenvalue weighted by molar-refractivity contribution is 6.03. The molecule has 78 valence electrons. The predicted molar refractivity (Wildman–Crippen MR) is 57.5 cm³/mol. The Morgan fingerprint density at radius 1 is 1.33 bits per heavy atom. The van der Waals surface area contributed by atoms with Crippen LogP contribution in [0, 0.1) is 6.92 Å². The minimum Gasteiger partial charge on any atom is -0.273 e. The molecule has 1 aromatic rings. The first-order valence-corrected chi connectivity index (χ1v) is 4.93. The third-order valence-electron chi connectivity index (χ3n) is 2.42. The number of nitrogens with zero attached hydrogens (tertiary/aromatic N) is 3. The van der Waals surface area contributed by atoms with Gasteiger partial charge in [-0.05, 0) is 18.6 Å². The van der Waals surface area contributed by atoms with Crippen molar-refractivity contribution in [3.05, 3.63) is 29.6 Å². The van der Waals surface area contributed by atoms with Crippen LogP contribution in [-0.2, 0) is 4.79 Å². The van der Waals surface area contributed by atoms with Gasteiger partial charge in [-0.2, -0.15) is 5.10 Å². The van der Waals surface area contributed by atoms with Crippen molar-refractivity contribution >= 4 is 11.6 Å². The number of hydrogen-bond donors (Lipinski definition) is 0. The Hall–Kier alpha value is -1.71. The predicted octanol–water partition coefficient (Wildman–Crippen LogP) is 1.35. The van der Waals surface area contributed by atoms with Crippen LogP contribution in [0.4, 0.5) is 0 Å². The first kappa shape index (κ1) is 9.83. The molecule has 15 heavy (non-hydrogen) atoms. The molecule has 2 rings (SSSR count). The van der Waals surface area contributed by atoms with E-state index >= 15 is 0 Å². The van der Waals surface area contributed by atoms with E-state index in [1.165, 1.54) is 5.01 Å². The molecule has 0 saturated heterocycles. The van der Waals surface area contributed by atoms with E-state index in [1.54, 1.807) is 13.2 Å². The van der Waals surface area contributed by atoms with Crippen LogP contribution in [0.5, 0.6) is 0 Å². The Morgan fingerprint density at radius 3 is 2.80 bits per heavy atom. The number of aryl methyl sites for hydroxylation is 1. The van der Waals surface area contributed by atoms with Crippen molar-refractivity contribution in [2.75, 3.05) is 7.05 Å². The fourth-order valence-electron chi connectivity index (χ4n) is 1.59. The molecular weight excluding hydrogens is 190 g/mol. The zero-order valence-electron chi connectivity index (χ0n) is 8.90. The van der Waals surface area contributed by atoms with Crippen LogP contribution in [0.2, 0.25) is 0 Å². The van der Waals surface area contributed by atoms with Gasteiger partial charge in [0.25, 0.3) is 0 Å². The molecule has 1 aliphatic rings. The second-order valence-corrected chi connectivity index (χ2v) is 3.72. The zero-order valence-corrected chi connectivity index (χ0v) is 8.90. The van der Waals surface area contributed by atoms with E-state index in [2.05, 4.69) is 10.1 Å². The lowest BCUT2D eigenvalue weighted by atomic mass is 10.1. The topological polar surface area (TPSA) is 45.6 Å². The van der Waals surface area contributed by atoms with Gasteiger partial charge < -0.3 is 0 Å². The lowest BCUT2D eigenvalue weighted by Crippen LogP contribution is -2.28. The number of rotatable bonds is 1. The Morgan fingerprint density at radius 2 is 2.13 bits per heavy atom. The number of hydrogen-bond acceptors (Lipinski definition) is 3. The summed E-state index contributed by atoms with van der Waals surface area (Å²) in [6.45, 7) is 1.99. The van der Waals surface area contributed by atoms with Crippen molar-refractivity contribution < 1.29 is 4.79 Å². The SMILES string of the molecule is Cc1cncc(C2=NN(C)C(=O)CC2)c1. The Labute approximate surface area is 88.6 Å². The quantitative estimate of drug-likeness (QED) is 0.691. The summed E-state index contributed by atoms with van der Waals surface area (Å²) in [6.07, 6.45) is 4.83. The van der Waals surface area contributed by atoms with E-state index in [9.17, 15) is 4.79 Å². The average Bonchev–Trinajstić information content (AvgIpc) is 2.22. The summed E-state index contributed by atoms with van der Waals surface area (Å²) >= 11 is 0. The van der Waals surface area contributed by atoms with Crippen molar-refractivity contribution in [3.8, 4) is 0 Å².